The maximum Gasteiger partial charge on any atom is 0.271 e. The van der Waals surface area contributed by atoms with Gasteiger partial charge in [0.05, 0.1) is 10.7 Å². The maximum absolute atomic E-state index is 12.3. The minimum Gasteiger partial charge on any atom is -0.431 e. The predicted molar refractivity (Wildman–Crippen MR) is 97.9 cm³/mol. The molecule has 1 aromatic carbocycles. The van der Waals surface area contributed by atoms with E-state index >= 15 is 0 Å². The molecule has 1 heterocycles. The largest absolute Gasteiger partial charge is 0.431 e. The lowest BCUT2D eigenvalue weighted by Crippen LogP contribution is -2.40. The maximum atomic E-state index is 12.3. The monoisotopic (exact) mass is 375 g/mol. The highest BCUT2D eigenvalue weighted by Gasteiger charge is 2.42. The Balaban J connectivity index is 1.32. The van der Waals surface area contributed by atoms with Gasteiger partial charge in [-0.1, -0.05) is 18.2 Å². The Kier molecular flexibility index (Phi) is 4.60. The molecule has 8 heteroatoms. The topological polar surface area (TPSA) is 98.3 Å². The number of benzene rings is 1. The van der Waals surface area contributed by atoms with Crippen molar-refractivity contribution in [3.05, 3.63) is 28.3 Å². The van der Waals surface area contributed by atoms with E-state index in [0.717, 1.165) is 11.8 Å². The van der Waals surface area contributed by atoms with E-state index in [1.54, 1.807) is 0 Å². The summed E-state index contributed by atoms with van der Waals surface area (Å²) in [7, 11) is 0. The van der Waals surface area contributed by atoms with Crippen molar-refractivity contribution in [1.29, 1.82) is 0 Å². The van der Waals surface area contributed by atoms with Gasteiger partial charge >= 0.3 is 0 Å². The van der Waals surface area contributed by atoms with Crippen molar-refractivity contribution < 1.29 is 14.1 Å². The number of nitrogens with zero attached hydrogens (tertiary/aromatic N) is 2. The molecular formula is C18H21N3O4S. The molecule has 2 bridgehead atoms. The zero-order valence-corrected chi connectivity index (χ0v) is 15.3. The van der Waals surface area contributed by atoms with Crippen LogP contribution in [0.3, 0.4) is 0 Å². The van der Waals surface area contributed by atoms with Crippen LogP contribution in [0.25, 0.3) is 11.1 Å². The van der Waals surface area contributed by atoms with Gasteiger partial charge in [-0.25, -0.2) is 4.98 Å². The van der Waals surface area contributed by atoms with E-state index in [4.69, 9.17) is 4.42 Å². The first-order valence-corrected chi connectivity index (χ1v) is 9.95. The number of amides is 1. The normalized spacial score (nSPS) is 25.5. The van der Waals surface area contributed by atoms with Gasteiger partial charge in [-0.15, -0.1) is 0 Å². The van der Waals surface area contributed by atoms with Gasteiger partial charge in [0, 0.05) is 18.2 Å². The summed E-state index contributed by atoms with van der Waals surface area (Å²) < 4.78 is 5.55. The minimum absolute atomic E-state index is 0.0280. The number of non-ortho nitro benzene ring substituents is 1. The van der Waals surface area contributed by atoms with Gasteiger partial charge in [0.25, 0.3) is 10.9 Å². The van der Waals surface area contributed by atoms with E-state index in [1.807, 2.05) is 0 Å². The number of aromatic nitrogens is 1. The molecule has 2 saturated carbocycles. The van der Waals surface area contributed by atoms with Crippen LogP contribution in [0.15, 0.2) is 27.8 Å². The van der Waals surface area contributed by atoms with Crippen molar-refractivity contribution in [2.24, 2.45) is 17.8 Å². The average molecular weight is 375 g/mol. The summed E-state index contributed by atoms with van der Waals surface area (Å²) in [6.45, 7) is 2.10. The zero-order valence-electron chi connectivity index (χ0n) is 14.5. The molecule has 1 N–H and O–H groups in total. The Morgan fingerprint density at radius 1 is 1.46 bits per heavy atom. The van der Waals surface area contributed by atoms with Crippen molar-refractivity contribution >= 4 is 34.5 Å². The number of thioether (sulfide) groups is 1. The zero-order chi connectivity index (χ0) is 18.3. The highest BCUT2D eigenvalue weighted by molar-refractivity contribution is 7.99. The Bertz CT molecular complexity index is 852. The number of hydrogen-bond donors (Lipinski definition) is 1. The Hall–Kier alpha value is -2.09. The van der Waals surface area contributed by atoms with E-state index in [0.29, 0.717) is 22.2 Å². The van der Waals surface area contributed by atoms with Crippen molar-refractivity contribution in [1.82, 2.24) is 10.3 Å². The van der Waals surface area contributed by atoms with Crippen LogP contribution < -0.4 is 5.32 Å². The number of carbonyl (C=O) groups excluding carboxylic acids is 1. The Morgan fingerprint density at radius 2 is 2.31 bits per heavy atom. The molecule has 4 rings (SSSR count). The molecule has 1 aromatic heterocycles. The second kappa shape index (κ2) is 6.90. The molecule has 0 radical (unpaired) electrons. The summed E-state index contributed by atoms with van der Waals surface area (Å²) in [6.07, 6.45) is 5.23. The summed E-state index contributed by atoms with van der Waals surface area (Å²) in [5.41, 5.74) is 0.881. The van der Waals surface area contributed by atoms with E-state index in [1.165, 1.54) is 55.6 Å². The number of fused-ring (bicyclic) bond motifs is 3. The van der Waals surface area contributed by atoms with E-state index in [-0.39, 0.29) is 23.4 Å². The smallest absolute Gasteiger partial charge is 0.271 e. The van der Waals surface area contributed by atoms with Crippen LogP contribution in [-0.2, 0) is 4.79 Å². The first-order chi connectivity index (χ1) is 12.5. The molecule has 2 aromatic rings. The van der Waals surface area contributed by atoms with E-state index in [9.17, 15) is 14.9 Å². The van der Waals surface area contributed by atoms with Gasteiger partial charge in [0.2, 0.25) is 5.91 Å². The molecule has 2 fully saturated rings. The number of nitrogens with one attached hydrogen (secondary N) is 1. The number of carbonyl (C=O) groups is 1. The summed E-state index contributed by atoms with van der Waals surface area (Å²) in [4.78, 5) is 26.8. The molecule has 2 aliphatic rings. The highest BCUT2D eigenvalue weighted by atomic mass is 32.2. The Labute approximate surface area is 155 Å². The van der Waals surface area contributed by atoms with Crippen LogP contribution in [0.5, 0.6) is 0 Å². The third kappa shape index (κ3) is 3.42. The number of nitro benzene ring substituents is 1. The van der Waals surface area contributed by atoms with Gasteiger partial charge in [-0.3, -0.25) is 14.9 Å². The molecular weight excluding hydrogens is 354 g/mol. The lowest BCUT2D eigenvalue weighted by atomic mass is 9.84. The van der Waals surface area contributed by atoms with Crippen molar-refractivity contribution in [3.8, 4) is 0 Å². The fraction of sp³-hybridized carbons (Fsp3) is 0.556. The van der Waals surface area contributed by atoms with Gasteiger partial charge in [-0.2, -0.15) is 0 Å². The quantitative estimate of drug-likeness (QED) is 0.469. The highest BCUT2D eigenvalue weighted by Crippen LogP contribution is 2.49. The second-order valence-electron chi connectivity index (χ2n) is 7.37. The number of hydrogen-bond acceptors (Lipinski definition) is 6. The molecule has 1 amide bonds. The lowest BCUT2D eigenvalue weighted by Gasteiger charge is -2.28. The van der Waals surface area contributed by atoms with Crippen LogP contribution in [0, 0.1) is 27.9 Å². The first kappa shape index (κ1) is 17.3. The molecule has 26 heavy (non-hydrogen) atoms. The second-order valence-corrected chi connectivity index (χ2v) is 8.30. The van der Waals surface area contributed by atoms with Gasteiger partial charge in [0.15, 0.2) is 5.58 Å². The molecule has 138 valence electrons. The fourth-order valence-corrected chi connectivity index (χ4v) is 5.16. The van der Waals surface area contributed by atoms with Crippen LogP contribution >= 0.6 is 11.8 Å². The van der Waals surface area contributed by atoms with Crippen molar-refractivity contribution in [2.75, 3.05) is 5.75 Å². The first-order valence-electron chi connectivity index (χ1n) is 8.96. The van der Waals surface area contributed by atoms with Crippen LogP contribution in [0.1, 0.15) is 32.6 Å². The van der Waals surface area contributed by atoms with Gasteiger partial charge in [0.1, 0.15) is 5.52 Å². The van der Waals surface area contributed by atoms with Crippen LogP contribution in [0.4, 0.5) is 5.69 Å². The lowest BCUT2D eigenvalue weighted by molar-refractivity contribution is -0.384. The molecule has 7 nitrogen and oxygen atoms in total. The third-order valence-electron chi connectivity index (χ3n) is 5.71. The standard InChI is InChI=1S/C18H21N3O4S/c1-10(14-7-11-2-3-12(14)6-11)19-17(22)9-26-18-20-15-8-13(21(23)24)4-5-16(15)25-18/h4-5,8,10-12,14H,2-3,6-7,9H2,1H3,(H,19,22)/t10-,11+,12+,14-/m1/s1. The molecule has 0 aliphatic heterocycles. The average Bonchev–Trinajstić information content (AvgIpc) is 3.33. The summed E-state index contributed by atoms with van der Waals surface area (Å²) >= 11 is 1.21. The number of nitro groups is 1. The summed E-state index contributed by atoms with van der Waals surface area (Å²) in [5.74, 6) is 2.43. The Morgan fingerprint density at radius 3 is 3.00 bits per heavy atom. The molecule has 2 aliphatic carbocycles. The molecule has 4 atom stereocenters. The van der Waals surface area contributed by atoms with Crippen LogP contribution in [0.2, 0.25) is 0 Å². The fourth-order valence-electron chi connectivity index (χ4n) is 4.51. The van der Waals surface area contributed by atoms with E-state index < -0.39 is 4.92 Å². The molecule has 0 unspecified atom stereocenters. The predicted octanol–water partition coefficient (Wildman–Crippen LogP) is 3.77. The summed E-state index contributed by atoms with van der Waals surface area (Å²) in [5, 5.41) is 14.3. The number of oxazole rings is 1. The SMILES string of the molecule is C[C@@H](NC(=O)CSc1nc2cc([N+](=O)[O-])ccc2o1)[C@H]1C[C@H]2CC[C@H]1C2. The van der Waals surface area contributed by atoms with Gasteiger partial charge in [-0.05, 0) is 50.0 Å². The minimum atomic E-state index is -0.467. The van der Waals surface area contributed by atoms with Gasteiger partial charge < -0.3 is 9.73 Å². The number of rotatable bonds is 6. The van der Waals surface area contributed by atoms with E-state index in [2.05, 4.69) is 17.2 Å². The third-order valence-corrected chi connectivity index (χ3v) is 6.54. The molecule has 0 spiro atoms. The van der Waals surface area contributed by atoms with Crippen LogP contribution in [-0.4, -0.2) is 27.6 Å². The van der Waals surface area contributed by atoms with Crippen molar-refractivity contribution in [2.45, 2.75) is 43.9 Å². The molecule has 0 saturated heterocycles. The van der Waals surface area contributed by atoms with Crippen molar-refractivity contribution in [3.63, 3.8) is 0 Å². The summed E-state index contributed by atoms with van der Waals surface area (Å²) in [6, 6.07) is 4.48.